The van der Waals surface area contributed by atoms with Gasteiger partial charge >= 0.3 is 0 Å². The smallest absolute Gasteiger partial charge is 0.136 e. The van der Waals surface area contributed by atoms with Crippen molar-refractivity contribution in [2.75, 3.05) is 13.7 Å². The first kappa shape index (κ1) is 6.71. The zero-order valence-electron chi connectivity index (χ0n) is 5.46. The van der Waals surface area contributed by atoms with Crippen molar-refractivity contribution in [2.45, 2.75) is 18.6 Å². The van der Waals surface area contributed by atoms with Crippen LogP contribution < -0.4 is 5.32 Å². The molecule has 0 amide bonds. The molecule has 0 aromatic rings. The average molecular weight is 129 g/mol. The maximum atomic E-state index is 10.2. The summed E-state index contributed by atoms with van der Waals surface area (Å²) in [5, 5.41) is 3.01. The Balaban J connectivity index is 2.28. The van der Waals surface area contributed by atoms with Gasteiger partial charge in [-0.25, -0.2) is 0 Å². The lowest BCUT2D eigenvalue weighted by Crippen LogP contribution is -2.22. The quantitative estimate of drug-likeness (QED) is 0.514. The van der Waals surface area contributed by atoms with Gasteiger partial charge in [0, 0.05) is 13.7 Å². The molecule has 0 aromatic heterocycles. The Morgan fingerprint density at radius 1 is 1.78 bits per heavy atom. The average Bonchev–Trinajstić information content (AvgIpc) is 2.34. The van der Waals surface area contributed by atoms with Crippen molar-refractivity contribution >= 4 is 6.29 Å². The van der Waals surface area contributed by atoms with Gasteiger partial charge in [0.15, 0.2) is 0 Å². The Kier molecular flexibility index (Phi) is 2.19. The third-order valence-electron chi connectivity index (χ3n) is 1.62. The zero-order valence-corrected chi connectivity index (χ0v) is 5.46. The maximum Gasteiger partial charge on any atom is 0.136 e. The van der Waals surface area contributed by atoms with Gasteiger partial charge in [-0.1, -0.05) is 0 Å². The Labute approximate surface area is 54.4 Å². The van der Waals surface area contributed by atoms with Gasteiger partial charge in [0.1, 0.15) is 6.29 Å². The van der Waals surface area contributed by atoms with Gasteiger partial charge in [0.2, 0.25) is 0 Å². The summed E-state index contributed by atoms with van der Waals surface area (Å²) >= 11 is 0. The van der Waals surface area contributed by atoms with Gasteiger partial charge < -0.3 is 14.8 Å². The number of rotatable bonds is 2. The number of nitrogens with one attached hydrogen (secondary N) is 1. The molecule has 1 heterocycles. The molecule has 0 spiro atoms. The molecular weight excluding hydrogens is 118 g/mol. The molecule has 0 bridgehead atoms. The fourth-order valence-corrected chi connectivity index (χ4v) is 1.02. The molecule has 0 saturated carbocycles. The Hall–Kier alpha value is -0.410. The van der Waals surface area contributed by atoms with Crippen molar-refractivity contribution in [2.24, 2.45) is 0 Å². The zero-order chi connectivity index (χ0) is 6.69. The molecule has 52 valence electrons. The normalized spacial score (nSPS) is 34.8. The summed E-state index contributed by atoms with van der Waals surface area (Å²) in [6.45, 7) is 0.805. The van der Waals surface area contributed by atoms with Crippen LogP contribution in [0.3, 0.4) is 0 Å². The van der Waals surface area contributed by atoms with Crippen molar-refractivity contribution in [3.8, 4) is 0 Å². The van der Waals surface area contributed by atoms with Crippen molar-refractivity contribution in [1.82, 2.24) is 5.32 Å². The van der Waals surface area contributed by atoms with E-state index in [0.29, 0.717) is 0 Å². The number of carbonyl (C=O) groups excluding carboxylic acids is 1. The fourth-order valence-electron chi connectivity index (χ4n) is 1.02. The van der Waals surface area contributed by atoms with E-state index in [9.17, 15) is 4.79 Å². The largest absolute Gasteiger partial charge is 0.380 e. The predicted molar refractivity (Wildman–Crippen MR) is 33.3 cm³/mol. The number of aldehydes is 1. The van der Waals surface area contributed by atoms with E-state index in [1.807, 2.05) is 0 Å². The van der Waals surface area contributed by atoms with Crippen LogP contribution >= 0.6 is 0 Å². The number of methoxy groups -OCH3 is 1. The van der Waals surface area contributed by atoms with Crippen LogP contribution in [-0.2, 0) is 9.53 Å². The van der Waals surface area contributed by atoms with Crippen molar-refractivity contribution in [3.05, 3.63) is 0 Å². The Morgan fingerprint density at radius 3 is 2.89 bits per heavy atom. The van der Waals surface area contributed by atoms with E-state index in [4.69, 9.17) is 4.74 Å². The fraction of sp³-hybridized carbons (Fsp3) is 0.833. The molecule has 0 aliphatic carbocycles. The number of hydrogen-bond donors (Lipinski definition) is 1. The molecule has 1 aliphatic rings. The van der Waals surface area contributed by atoms with Crippen LogP contribution in [0.25, 0.3) is 0 Å². The van der Waals surface area contributed by atoms with E-state index in [2.05, 4.69) is 5.32 Å². The van der Waals surface area contributed by atoms with Gasteiger partial charge in [0.05, 0.1) is 12.1 Å². The van der Waals surface area contributed by atoms with Crippen LogP contribution in [-0.4, -0.2) is 32.1 Å². The highest BCUT2D eigenvalue weighted by Gasteiger charge is 2.22. The molecule has 3 heteroatoms. The topological polar surface area (TPSA) is 38.3 Å². The highest BCUT2D eigenvalue weighted by atomic mass is 16.5. The van der Waals surface area contributed by atoms with Crippen molar-refractivity contribution in [1.29, 1.82) is 0 Å². The van der Waals surface area contributed by atoms with E-state index in [0.717, 1.165) is 19.3 Å². The predicted octanol–water partition coefficient (Wildman–Crippen LogP) is -0.438. The van der Waals surface area contributed by atoms with E-state index in [1.54, 1.807) is 7.11 Å². The summed E-state index contributed by atoms with van der Waals surface area (Å²) in [5.41, 5.74) is 0. The second kappa shape index (κ2) is 2.94. The number of ether oxygens (including phenoxy) is 1. The molecule has 2 atom stereocenters. The third-order valence-corrected chi connectivity index (χ3v) is 1.62. The molecule has 0 aromatic carbocycles. The lowest BCUT2D eigenvalue weighted by Gasteiger charge is -2.02. The number of hydrogen-bond acceptors (Lipinski definition) is 3. The first-order chi connectivity index (χ1) is 4.36. The van der Waals surface area contributed by atoms with E-state index < -0.39 is 0 Å². The van der Waals surface area contributed by atoms with Gasteiger partial charge in [0.25, 0.3) is 0 Å². The summed E-state index contributed by atoms with van der Waals surface area (Å²) in [7, 11) is 1.67. The molecule has 1 aliphatic heterocycles. The van der Waals surface area contributed by atoms with Crippen LogP contribution in [0.5, 0.6) is 0 Å². The minimum Gasteiger partial charge on any atom is -0.380 e. The van der Waals surface area contributed by atoms with Crippen LogP contribution in [0.1, 0.15) is 6.42 Å². The summed E-state index contributed by atoms with van der Waals surface area (Å²) < 4.78 is 5.02. The molecule has 9 heavy (non-hydrogen) atoms. The standard InChI is InChI=1S/C6H11NO2/c1-9-6-2-5(4-8)7-3-6/h4-7H,2-3H2,1H3/t5-,6+/m0/s1. The van der Waals surface area contributed by atoms with E-state index in [1.165, 1.54) is 0 Å². The Bertz CT molecular complexity index is 105. The van der Waals surface area contributed by atoms with Gasteiger partial charge in [-0.2, -0.15) is 0 Å². The summed E-state index contributed by atoms with van der Waals surface area (Å²) in [6, 6.07) is 0.0231. The summed E-state index contributed by atoms with van der Waals surface area (Å²) in [4.78, 5) is 10.2. The van der Waals surface area contributed by atoms with Crippen LogP contribution in [0.4, 0.5) is 0 Å². The SMILES string of the molecule is CO[C@H]1CN[C@H](C=O)C1. The first-order valence-corrected chi connectivity index (χ1v) is 3.08. The van der Waals surface area contributed by atoms with E-state index >= 15 is 0 Å². The maximum absolute atomic E-state index is 10.2. The van der Waals surface area contributed by atoms with Gasteiger partial charge in [-0.3, -0.25) is 0 Å². The monoisotopic (exact) mass is 129 g/mol. The third kappa shape index (κ3) is 1.50. The molecule has 1 rings (SSSR count). The molecule has 3 nitrogen and oxygen atoms in total. The molecule has 1 N–H and O–H groups in total. The number of carbonyl (C=O) groups is 1. The van der Waals surface area contributed by atoms with E-state index in [-0.39, 0.29) is 12.1 Å². The minimum absolute atomic E-state index is 0.0231. The first-order valence-electron chi connectivity index (χ1n) is 3.08. The summed E-state index contributed by atoms with van der Waals surface area (Å²) in [6.07, 6.45) is 1.99. The van der Waals surface area contributed by atoms with Crippen LogP contribution in [0, 0.1) is 0 Å². The lowest BCUT2D eigenvalue weighted by atomic mass is 10.2. The molecular formula is C6H11NO2. The molecule has 0 unspecified atom stereocenters. The lowest BCUT2D eigenvalue weighted by molar-refractivity contribution is -0.109. The summed E-state index contributed by atoms with van der Waals surface area (Å²) in [5.74, 6) is 0. The minimum atomic E-state index is 0.0231. The highest BCUT2D eigenvalue weighted by Crippen LogP contribution is 2.06. The van der Waals surface area contributed by atoms with Crippen molar-refractivity contribution in [3.63, 3.8) is 0 Å². The van der Waals surface area contributed by atoms with Gasteiger partial charge in [-0.15, -0.1) is 0 Å². The van der Waals surface area contributed by atoms with Crippen molar-refractivity contribution < 1.29 is 9.53 Å². The van der Waals surface area contributed by atoms with Crippen LogP contribution in [0.2, 0.25) is 0 Å². The Morgan fingerprint density at radius 2 is 2.56 bits per heavy atom. The van der Waals surface area contributed by atoms with Gasteiger partial charge in [-0.05, 0) is 6.42 Å². The second-order valence-electron chi connectivity index (χ2n) is 2.24. The molecule has 1 saturated heterocycles. The highest BCUT2D eigenvalue weighted by molar-refractivity contribution is 5.58. The molecule has 1 fully saturated rings. The van der Waals surface area contributed by atoms with Crippen LogP contribution in [0.15, 0.2) is 0 Å². The second-order valence-corrected chi connectivity index (χ2v) is 2.24. The molecule has 0 radical (unpaired) electrons.